The number of ether oxygens (including phenoxy) is 2. The van der Waals surface area contributed by atoms with Crippen LogP contribution in [0.5, 0.6) is 5.75 Å². The Morgan fingerprint density at radius 3 is 2.40 bits per heavy atom. The van der Waals surface area contributed by atoms with Gasteiger partial charge in [-0.1, -0.05) is 0 Å². The summed E-state index contributed by atoms with van der Waals surface area (Å²) in [6.07, 6.45) is 1.02. The molecule has 0 aliphatic carbocycles. The minimum atomic E-state index is -0.975. The second kappa shape index (κ2) is 10.8. The molecule has 160 valence electrons. The van der Waals surface area contributed by atoms with Gasteiger partial charge in [-0.3, -0.25) is 9.80 Å². The summed E-state index contributed by atoms with van der Waals surface area (Å²) >= 11 is 0. The lowest BCUT2D eigenvalue weighted by Crippen LogP contribution is -2.59. The maximum atomic E-state index is 10.5. The van der Waals surface area contributed by atoms with Crippen molar-refractivity contribution >= 4 is 6.09 Å². The molecule has 2 heterocycles. The normalized spacial score (nSPS) is 21.4. The van der Waals surface area contributed by atoms with Crippen LogP contribution in [0.4, 0.5) is 4.79 Å². The van der Waals surface area contributed by atoms with Crippen LogP contribution in [-0.4, -0.2) is 85.6 Å². The van der Waals surface area contributed by atoms with Crippen molar-refractivity contribution in [1.29, 1.82) is 10.5 Å². The number of rotatable bonds is 9. The van der Waals surface area contributed by atoms with Gasteiger partial charge < -0.3 is 19.9 Å². The lowest BCUT2D eigenvalue weighted by atomic mass is 10.1. The van der Waals surface area contributed by atoms with Crippen molar-refractivity contribution in [3.8, 4) is 17.9 Å². The second-order valence-electron chi connectivity index (χ2n) is 7.62. The van der Waals surface area contributed by atoms with Gasteiger partial charge in [-0.05, 0) is 31.0 Å². The van der Waals surface area contributed by atoms with Gasteiger partial charge >= 0.3 is 6.09 Å². The number of morpholine rings is 2. The van der Waals surface area contributed by atoms with E-state index in [0.29, 0.717) is 30.0 Å². The van der Waals surface area contributed by atoms with Crippen LogP contribution in [-0.2, 0) is 4.74 Å². The number of hydrogen-bond donors (Lipinski definition) is 2. The summed E-state index contributed by atoms with van der Waals surface area (Å²) in [6, 6.07) is 8.98. The molecule has 2 atom stereocenters. The molecule has 9 heteroatoms. The maximum absolute atomic E-state index is 10.5. The highest BCUT2D eigenvalue weighted by molar-refractivity contribution is 5.64. The van der Waals surface area contributed by atoms with Crippen molar-refractivity contribution in [3.63, 3.8) is 0 Å². The molecule has 0 saturated carbocycles. The molecule has 2 unspecified atom stereocenters. The van der Waals surface area contributed by atoms with Crippen LogP contribution in [0.1, 0.15) is 24.0 Å². The standard InChI is InChI=1S/C21H27N5O4/c22-10-16-3-4-20(17(9-16)11-23)29-8-2-7-26-14-18-12-25(13-19(15-26)30-18)6-1-5-24-21(27)28/h3-4,9,18-19,24H,1-2,5-8,12-15H2,(H,27,28). The first-order valence-electron chi connectivity index (χ1n) is 10.2. The van der Waals surface area contributed by atoms with Crippen molar-refractivity contribution in [2.45, 2.75) is 25.0 Å². The molecule has 1 aromatic rings. The number of carbonyl (C=O) groups is 1. The van der Waals surface area contributed by atoms with Gasteiger partial charge in [0.2, 0.25) is 0 Å². The van der Waals surface area contributed by atoms with Crippen LogP contribution in [0.3, 0.4) is 0 Å². The van der Waals surface area contributed by atoms with E-state index >= 15 is 0 Å². The molecule has 2 aliphatic rings. The lowest BCUT2D eigenvalue weighted by molar-refractivity contribution is -0.138. The van der Waals surface area contributed by atoms with E-state index in [0.717, 1.165) is 52.1 Å². The smallest absolute Gasteiger partial charge is 0.404 e. The van der Waals surface area contributed by atoms with Crippen LogP contribution in [0, 0.1) is 22.7 Å². The zero-order valence-electron chi connectivity index (χ0n) is 16.9. The molecular formula is C21H27N5O4. The van der Waals surface area contributed by atoms with Crippen molar-refractivity contribution in [2.24, 2.45) is 0 Å². The van der Waals surface area contributed by atoms with E-state index in [9.17, 15) is 10.1 Å². The highest BCUT2D eigenvalue weighted by atomic mass is 16.5. The molecule has 30 heavy (non-hydrogen) atoms. The summed E-state index contributed by atoms with van der Waals surface area (Å²) < 4.78 is 11.8. The molecule has 2 aliphatic heterocycles. The highest BCUT2D eigenvalue weighted by Crippen LogP contribution is 2.21. The SMILES string of the molecule is N#Cc1ccc(OCCCN2CC3CN(CCCNC(=O)O)CC(C2)O3)c(C#N)c1. The number of nitriles is 2. The summed E-state index contributed by atoms with van der Waals surface area (Å²) in [7, 11) is 0. The van der Waals surface area contributed by atoms with Crippen molar-refractivity contribution in [1.82, 2.24) is 15.1 Å². The molecule has 3 rings (SSSR count). The van der Waals surface area contributed by atoms with Gasteiger partial charge in [0.15, 0.2) is 0 Å². The number of benzene rings is 1. The van der Waals surface area contributed by atoms with Gasteiger partial charge in [-0.25, -0.2) is 4.79 Å². The molecule has 0 radical (unpaired) electrons. The summed E-state index contributed by atoms with van der Waals surface area (Å²) in [6.45, 7) is 6.24. The first-order chi connectivity index (χ1) is 14.6. The third-order valence-electron chi connectivity index (χ3n) is 5.26. The van der Waals surface area contributed by atoms with Gasteiger partial charge in [-0.2, -0.15) is 10.5 Å². The van der Waals surface area contributed by atoms with Crippen molar-refractivity contribution in [2.75, 3.05) is 52.4 Å². The Labute approximate surface area is 176 Å². The van der Waals surface area contributed by atoms with Gasteiger partial charge in [0.25, 0.3) is 0 Å². The first kappa shape index (κ1) is 21.8. The Bertz CT molecular complexity index is 805. The number of hydrogen-bond acceptors (Lipinski definition) is 7. The van der Waals surface area contributed by atoms with Crippen LogP contribution >= 0.6 is 0 Å². The predicted molar refractivity (Wildman–Crippen MR) is 108 cm³/mol. The van der Waals surface area contributed by atoms with Crippen molar-refractivity contribution in [3.05, 3.63) is 29.3 Å². The number of nitrogens with one attached hydrogen (secondary N) is 1. The van der Waals surface area contributed by atoms with E-state index < -0.39 is 6.09 Å². The van der Waals surface area contributed by atoms with E-state index in [1.807, 2.05) is 6.07 Å². The fourth-order valence-corrected chi connectivity index (χ4v) is 4.01. The zero-order chi connectivity index (χ0) is 21.3. The third kappa shape index (κ3) is 6.33. The van der Waals surface area contributed by atoms with E-state index in [2.05, 4.69) is 21.2 Å². The summed E-state index contributed by atoms with van der Waals surface area (Å²) in [5.41, 5.74) is 0.833. The van der Waals surface area contributed by atoms with Gasteiger partial charge in [0, 0.05) is 45.8 Å². The maximum Gasteiger partial charge on any atom is 0.404 e. The third-order valence-corrected chi connectivity index (χ3v) is 5.26. The molecular weight excluding hydrogens is 386 g/mol. The molecule has 9 nitrogen and oxygen atoms in total. The molecule has 2 bridgehead atoms. The van der Waals surface area contributed by atoms with E-state index in [-0.39, 0.29) is 12.2 Å². The number of carboxylic acid groups (broad SMARTS) is 1. The fraction of sp³-hybridized carbons (Fsp3) is 0.571. The van der Waals surface area contributed by atoms with E-state index in [1.165, 1.54) is 0 Å². The summed E-state index contributed by atoms with van der Waals surface area (Å²) in [4.78, 5) is 15.3. The lowest BCUT2D eigenvalue weighted by Gasteiger charge is -2.46. The van der Waals surface area contributed by atoms with Gasteiger partial charge in [0.05, 0.1) is 36.0 Å². The van der Waals surface area contributed by atoms with E-state index in [4.69, 9.17) is 19.8 Å². The minimum Gasteiger partial charge on any atom is -0.492 e. The largest absolute Gasteiger partial charge is 0.492 e. The molecule has 1 aromatic carbocycles. The molecule has 1 amide bonds. The van der Waals surface area contributed by atoms with E-state index in [1.54, 1.807) is 18.2 Å². The Kier molecular flexibility index (Phi) is 7.86. The Hall–Kier alpha value is -2.85. The van der Waals surface area contributed by atoms with Crippen LogP contribution in [0.25, 0.3) is 0 Å². The Balaban J connectivity index is 1.36. The average Bonchev–Trinajstić information content (AvgIpc) is 2.73. The zero-order valence-corrected chi connectivity index (χ0v) is 16.9. The quantitative estimate of drug-likeness (QED) is 0.580. The van der Waals surface area contributed by atoms with Crippen LogP contribution in [0.2, 0.25) is 0 Å². The monoisotopic (exact) mass is 413 g/mol. The molecule has 2 fully saturated rings. The van der Waals surface area contributed by atoms with Crippen molar-refractivity contribution < 1.29 is 19.4 Å². The van der Waals surface area contributed by atoms with Gasteiger partial charge in [0.1, 0.15) is 11.8 Å². The molecule has 2 N–H and O–H groups in total. The topological polar surface area (TPSA) is 122 Å². The molecule has 2 saturated heterocycles. The average molecular weight is 413 g/mol. The molecule has 0 aromatic heterocycles. The Morgan fingerprint density at radius 2 is 1.80 bits per heavy atom. The predicted octanol–water partition coefficient (Wildman–Crippen LogP) is 1.24. The van der Waals surface area contributed by atoms with Crippen LogP contribution < -0.4 is 10.1 Å². The van der Waals surface area contributed by atoms with Crippen LogP contribution in [0.15, 0.2) is 18.2 Å². The summed E-state index contributed by atoms with van der Waals surface area (Å²) in [5, 5.41) is 29.2. The highest BCUT2D eigenvalue weighted by Gasteiger charge is 2.34. The minimum absolute atomic E-state index is 0.176. The fourth-order valence-electron chi connectivity index (χ4n) is 4.01. The molecule has 0 spiro atoms. The van der Waals surface area contributed by atoms with Gasteiger partial charge in [-0.15, -0.1) is 0 Å². The number of nitrogens with zero attached hydrogens (tertiary/aromatic N) is 4. The Morgan fingerprint density at radius 1 is 1.13 bits per heavy atom. The first-order valence-corrected chi connectivity index (χ1v) is 10.2. The number of fused-ring (bicyclic) bond motifs is 2. The summed E-state index contributed by atoms with van der Waals surface area (Å²) in [5.74, 6) is 0.517. The number of amides is 1. The second-order valence-corrected chi connectivity index (χ2v) is 7.62.